The summed E-state index contributed by atoms with van der Waals surface area (Å²) in [6.07, 6.45) is 1.18. The SMILES string of the molecule is C[Si](C)(C)OCCN1CCc2ccccc2C1. The molecule has 0 saturated carbocycles. The lowest BCUT2D eigenvalue weighted by atomic mass is 10.0. The molecule has 0 spiro atoms. The van der Waals surface area contributed by atoms with Crippen molar-refractivity contribution in [3.8, 4) is 0 Å². The van der Waals surface area contributed by atoms with Crippen LogP contribution in [0.2, 0.25) is 19.6 Å². The van der Waals surface area contributed by atoms with Gasteiger partial charge in [0.2, 0.25) is 0 Å². The quantitative estimate of drug-likeness (QED) is 0.761. The third kappa shape index (κ3) is 3.94. The first-order chi connectivity index (χ1) is 8.04. The molecule has 1 aliphatic heterocycles. The molecule has 17 heavy (non-hydrogen) atoms. The minimum atomic E-state index is -1.34. The van der Waals surface area contributed by atoms with Gasteiger partial charge in [0.25, 0.3) is 0 Å². The molecule has 1 heterocycles. The van der Waals surface area contributed by atoms with Crippen LogP contribution in [0.4, 0.5) is 0 Å². The summed E-state index contributed by atoms with van der Waals surface area (Å²) in [5, 5.41) is 0. The molecule has 0 atom stereocenters. The van der Waals surface area contributed by atoms with Crippen molar-refractivity contribution in [3.05, 3.63) is 35.4 Å². The van der Waals surface area contributed by atoms with Crippen LogP contribution in [-0.4, -0.2) is 32.9 Å². The second kappa shape index (κ2) is 5.34. The summed E-state index contributed by atoms with van der Waals surface area (Å²) in [5.41, 5.74) is 3.02. The predicted molar refractivity (Wildman–Crippen MR) is 74.7 cm³/mol. The highest BCUT2D eigenvalue weighted by Gasteiger charge is 2.17. The normalized spacial score (nSPS) is 16.9. The van der Waals surface area contributed by atoms with Crippen LogP contribution in [0.3, 0.4) is 0 Å². The zero-order valence-corrected chi connectivity index (χ0v) is 12.2. The Hall–Kier alpha value is -0.643. The van der Waals surface area contributed by atoms with E-state index in [1.165, 1.54) is 24.1 Å². The maximum absolute atomic E-state index is 5.92. The summed E-state index contributed by atoms with van der Waals surface area (Å²) < 4.78 is 5.92. The summed E-state index contributed by atoms with van der Waals surface area (Å²) in [4.78, 5) is 2.50. The fraction of sp³-hybridized carbons (Fsp3) is 0.571. The predicted octanol–water partition coefficient (Wildman–Crippen LogP) is 2.90. The molecule has 0 fully saturated rings. The van der Waals surface area contributed by atoms with Gasteiger partial charge in [-0.25, -0.2) is 0 Å². The molecule has 1 aliphatic rings. The zero-order chi connectivity index (χ0) is 12.3. The molecular weight excluding hydrogens is 226 g/mol. The molecule has 0 N–H and O–H groups in total. The number of hydrogen-bond donors (Lipinski definition) is 0. The van der Waals surface area contributed by atoms with E-state index in [-0.39, 0.29) is 0 Å². The molecule has 2 nitrogen and oxygen atoms in total. The van der Waals surface area contributed by atoms with E-state index in [0.717, 1.165) is 19.7 Å². The van der Waals surface area contributed by atoms with Crippen molar-refractivity contribution in [1.29, 1.82) is 0 Å². The second-order valence-electron chi connectivity index (χ2n) is 5.76. The minimum Gasteiger partial charge on any atom is -0.416 e. The Morgan fingerprint density at radius 2 is 1.88 bits per heavy atom. The van der Waals surface area contributed by atoms with Gasteiger partial charge in [-0.3, -0.25) is 4.90 Å². The van der Waals surface area contributed by atoms with Gasteiger partial charge in [0.05, 0.1) is 0 Å². The van der Waals surface area contributed by atoms with E-state index in [4.69, 9.17) is 4.43 Å². The largest absolute Gasteiger partial charge is 0.416 e. The Kier molecular flexibility index (Phi) is 4.02. The monoisotopic (exact) mass is 249 g/mol. The summed E-state index contributed by atoms with van der Waals surface area (Å²) in [6, 6.07) is 8.79. The van der Waals surface area contributed by atoms with Gasteiger partial charge in [0.15, 0.2) is 8.32 Å². The molecule has 1 aromatic carbocycles. The number of rotatable bonds is 4. The Morgan fingerprint density at radius 3 is 2.59 bits per heavy atom. The number of fused-ring (bicyclic) bond motifs is 1. The van der Waals surface area contributed by atoms with E-state index >= 15 is 0 Å². The van der Waals surface area contributed by atoms with Crippen molar-refractivity contribution in [2.45, 2.75) is 32.6 Å². The molecule has 2 rings (SSSR count). The van der Waals surface area contributed by atoms with Crippen molar-refractivity contribution >= 4 is 8.32 Å². The maximum atomic E-state index is 5.92. The highest BCUT2D eigenvalue weighted by atomic mass is 28.4. The van der Waals surface area contributed by atoms with Crippen LogP contribution in [-0.2, 0) is 17.4 Å². The lowest BCUT2D eigenvalue weighted by molar-refractivity contribution is 0.193. The third-order valence-corrected chi connectivity index (χ3v) is 4.22. The highest BCUT2D eigenvalue weighted by molar-refractivity contribution is 6.69. The highest BCUT2D eigenvalue weighted by Crippen LogP contribution is 2.18. The summed E-state index contributed by atoms with van der Waals surface area (Å²) in [6.45, 7) is 11.0. The average molecular weight is 249 g/mol. The van der Waals surface area contributed by atoms with Crippen molar-refractivity contribution in [3.63, 3.8) is 0 Å². The van der Waals surface area contributed by atoms with Gasteiger partial charge in [0.1, 0.15) is 0 Å². The second-order valence-corrected chi connectivity index (χ2v) is 10.3. The van der Waals surface area contributed by atoms with Gasteiger partial charge >= 0.3 is 0 Å². The maximum Gasteiger partial charge on any atom is 0.183 e. The topological polar surface area (TPSA) is 12.5 Å². The van der Waals surface area contributed by atoms with Crippen LogP contribution in [0, 0.1) is 0 Å². The Morgan fingerprint density at radius 1 is 1.18 bits per heavy atom. The molecule has 0 saturated heterocycles. The van der Waals surface area contributed by atoms with Crippen molar-refractivity contribution in [1.82, 2.24) is 4.90 Å². The molecule has 0 radical (unpaired) electrons. The van der Waals surface area contributed by atoms with Gasteiger partial charge in [-0.05, 0) is 37.2 Å². The van der Waals surface area contributed by atoms with E-state index in [2.05, 4.69) is 48.8 Å². The average Bonchev–Trinajstić information content (AvgIpc) is 2.27. The summed E-state index contributed by atoms with van der Waals surface area (Å²) in [5.74, 6) is 0. The first-order valence-electron chi connectivity index (χ1n) is 6.48. The summed E-state index contributed by atoms with van der Waals surface area (Å²) in [7, 11) is -1.34. The fourth-order valence-corrected chi connectivity index (χ4v) is 2.93. The molecule has 0 amide bonds. The number of benzene rings is 1. The Balaban J connectivity index is 1.82. The first kappa shape index (κ1) is 12.8. The van der Waals surface area contributed by atoms with Crippen molar-refractivity contribution in [2.24, 2.45) is 0 Å². The van der Waals surface area contributed by atoms with E-state index in [1.807, 2.05) is 0 Å². The van der Waals surface area contributed by atoms with Gasteiger partial charge in [-0.15, -0.1) is 0 Å². The van der Waals surface area contributed by atoms with E-state index in [0.29, 0.717) is 0 Å². The Labute approximate surface area is 106 Å². The fourth-order valence-electron chi connectivity index (χ4n) is 2.23. The van der Waals surface area contributed by atoms with Crippen LogP contribution in [0.5, 0.6) is 0 Å². The lowest BCUT2D eigenvalue weighted by Gasteiger charge is -2.29. The smallest absolute Gasteiger partial charge is 0.183 e. The van der Waals surface area contributed by atoms with Crippen LogP contribution < -0.4 is 0 Å². The molecule has 0 unspecified atom stereocenters. The van der Waals surface area contributed by atoms with Crippen LogP contribution >= 0.6 is 0 Å². The molecule has 0 aromatic heterocycles. The minimum absolute atomic E-state index is 0.887. The van der Waals surface area contributed by atoms with Crippen molar-refractivity contribution < 1.29 is 4.43 Å². The van der Waals surface area contributed by atoms with E-state index in [9.17, 15) is 0 Å². The van der Waals surface area contributed by atoms with Crippen molar-refractivity contribution in [2.75, 3.05) is 19.7 Å². The van der Waals surface area contributed by atoms with E-state index in [1.54, 1.807) is 0 Å². The molecule has 1 aromatic rings. The third-order valence-electron chi connectivity index (χ3n) is 3.15. The summed E-state index contributed by atoms with van der Waals surface area (Å²) >= 11 is 0. The molecule has 0 bridgehead atoms. The lowest BCUT2D eigenvalue weighted by Crippen LogP contribution is -2.36. The number of hydrogen-bond acceptors (Lipinski definition) is 2. The van der Waals surface area contributed by atoms with Gasteiger partial charge in [-0.1, -0.05) is 24.3 Å². The molecule has 94 valence electrons. The van der Waals surface area contributed by atoms with Gasteiger partial charge in [0, 0.05) is 26.2 Å². The zero-order valence-electron chi connectivity index (χ0n) is 11.2. The van der Waals surface area contributed by atoms with Gasteiger partial charge in [-0.2, -0.15) is 0 Å². The van der Waals surface area contributed by atoms with Crippen LogP contribution in [0.1, 0.15) is 11.1 Å². The molecular formula is C14H23NOSi. The van der Waals surface area contributed by atoms with E-state index < -0.39 is 8.32 Å². The first-order valence-corrected chi connectivity index (χ1v) is 9.88. The molecule has 0 aliphatic carbocycles. The van der Waals surface area contributed by atoms with Crippen LogP contribution in [0.15, 0.2) is 24.3 Å². The number of nitrogens with zero attached hydrogens (tertiary/aromatic N) is 1. The van der Waals surface area contributed by atoms with Gasteiger partial charge < -0.3 is 4.43 Å². The van der Waals surface area contributed by atoms with Crippen LogP contribution in [0.25, 0.3) is 0 Å². The standard InChI is InChI=1S/C14H23NOSi/c1-17(2,3)16-11-10-15-9-8-13-6-4-5-7-14(13)12-15/h4-7H,8-12H2,1-3H3. The molecule has 3 heteroatoms. The Bertz CT molecular complexity index is 373.